The van der Waals surface area contributed by atoms with Gasteiger partial charge in [0.15, 0.2) is 0 Å². The molecule has 3 N–H and O–H groups in total. The standard InChI is InChI=1S/C15H33N3O2/c1-12(2)14(16)7-9-18(5)11-15(19)17-8-6-10-20-13(3)4/h12-14H,6-11,16H2,1-5H3,(H,17,19). The van der Waals surface area contributed by atoms with Gasteiger partial charge >= 0.3 is 0 Å². The molecule has 0 bridgehead atoms. The number of ether oxygens (including phenoxy) is 1. The maximum absolute atomic E-state index is 11.7. The summed E-state index contributed by atoms with van der Waals surface area (Å²) in [4.78, 5) is 13.7. The lowest BCUT2D eigenvalue weighted by atomic mass is 10.0. The van der Waals surface area contributed by atoms with Gasteiger partial charge in [-0.05, 0) is 46.2 Å². The Morgan fingerprint density at radius 1 is 1.30 bits per heavy atom. The molecule has 1 atom stereocenters. The third kappa shape index (κ3) is 11.2. The quantitative estimate of drug-likeness (QED) is 0.561. The summed E-state index contributed by atoms with van der Waals surface area (Å²) in [5.41, 5.74) is 5.99. The number of hydrogen-bond donors (Lipinski definition) is 2. The largest absolute Gasteiger partial charge is 0.379 e. The highest BCUT2D eigenvalue weighted by molar-refractivity contribution is 5.77. The molecule has 0 radical (unpaired) electrons. The van der Waals surface area contributed by atoms with Crippen molar-refractivity contribution in [2.24, 2.45) is 11.7 Å². The molecule has 0 aliphatic rings. The number of nitrogens with zero attached hydrogens (tertiary/aromatic N) is 1. The Bertz CT molecular complexity index is 258. The number of carbonyl (C=O) groups is 1. The summed E-state index contributed by atoms with van der Waals surface area (Å²) in [7, 11) is 1.95. The Morgan fingerprint density at radius 2 is 1.95 bits per heavy atom. The lowest BCUT2D eigenvalue weighted by Crippen LogP contribution is -2.38. The summed E-state index contributed by atoms with van der Waals surface area (Å²) >= 11 is 0. The minimum atomic E-state index is 0.0650. The molecule has 0 heterocycles. The minimum Gasteiger partial charge on any atom is -0.379 e. The highest BCUT2D eigenvalue weighted by atomic mass is 16.5. The van der Waals surface area contributed by atoms with Crippen LogP contribution >= 0.6 is 0 Å². The number of amides is 1. The summed E-state index contributed by atoms with van der Waals surface area (Å²) in [6.07, 6.45) is 2.03. The third-order valence-corrected chi connectivity index (χ3v) is 3.21. The van der Waals surface area contributed by atoms with Crippen LogP contribution in [0.2, 0.25) is 0 Å². The highest BCUT2D eigenvalue weighted by Gasteiger charge is 2.10. The van der Waals surface area contributed by atoms with Gasteiger partial charge in [0.1, 0.15) is 0 Å². The average molecular weight is 287 g/mol. The van der Waals surface area contributed by atoms with Crippen molar-refractivity contribution in [3.8, 4) is 0 Å². The number of rotatable bonds is 11. The second kappa shape index (κ2) is 11.1. The number of nitrogens with one attached hydrogen (secondary N) is 1. The average Bonchev–Trinajstić information content (AvgIpc) is 2.34. The van der Waals surface area contributed by atoms with E-state index in [1.807, 2.05) is 25.8 Å². The van der Waals surface area contributed by atoms with E-state index < -0.39 is 0 Å². The fourth-order valence-corrected chi connectivity index (χ4v) is 1.70. The number of carbonyl (C=O) groups excluding carboxylic acids is 1. The Balaban J connectivity index is 3.59. The zero-order valence-corrected chi connectivity index (χ0v) is 13.8. The van der Waals surface area contributed by atoms with E-state index in [2.05, 4.69) is 19.2 Å². The van der Waals surface area contributed by atoms with Crippen molar-refractivity contribution in [3.63, 3.8) is 0 Å². The van der Waals surface area contributed by atoms with E-state index in [0.29, 0.717) is 25.6 Å². The summed E-state index contributed by atoms with van der Waals surface area (Å²) < 4.78 is 5.42. The molecule has 1 unspecified atom stereocenters. The van der Waals surface area contributed by atoms with Crippen molar-refractivity contribution in [2.75, 3.05) is 33.3 Å². The first-order valence-corrected chi connectivity index (χ1v) is 7.65. The van der Waals surface area contributed by atoms with Crippen LogP contribution in [0.1, 0.15) is 40.5 Å². The molecular formula is C15H33N3O2. The van der Waals surface area contributed by atoms with E-state index in [9.17, 15) is 4.79 Å². The fourth-order valence-electron chi connectivity index (χ4n) is 1.70. The predicted octanol–water partition coefficient (Wildman–Crippen LogP) is 1.22. The predicted molar refractivity (Wildman–Crippen MR) is 83.6 cm³/mol. The van der Waals surface area contributed by atoms with Gasteiger partial charge < -0.3 is 15.8 Å². The molecule has 0 aromatic heterocycles. The van der Waals surface area contributed by atoms with Crippen LogP contribution in [-0.2, 0) is 9.53 Å². The van der Waals surface area contributed by atoms with Crippen LogP contribution < -0.4 is 11.1 Å². The van der Waals surface area contributed by atoms with Gasteiger partial charge in [-0.2, -0.15) is 0 Å². The third-order valence-electron chi connectivity index (χ3n) is 3.21. The number of likely N-dealkylation sites (N-methyl/N-ethyl adjacent to an activating group) is 1. The first-order valence-electron chi connectivity index (χ1n) is 7.65. The summed E-state index contributed by atoms with van der Waals surface area (Å²) in [5, 5.41) is 2.91. The molecule has 0 rings (SSSR count). The molecule has 0 saturated heterocycles. The van der Waals surface area contributed by atoms with Gasteiger partial charge in [-0.15, -0.1) is 0 Å². The molecular weight excluding hydrogens is 254 g/mol. The van der Waals surface area contributed by atoms with E-state index in [-0.39, 0.29) is 18.1 Å². The number of hydrogen-bond acceptors (Lipinski definition) is 4. The van der Waals surface area contributed by atoms with Crippen LogP contribution in [-0.4, -0.2) is 56.2 Å². The van der Waals surface area contributed by atoms with Gasteiger partial charge in [0.2, 0.25) is 5.91 Å². The maximum atomic E-state index is 11.7. The lowest BCUT2D eigenvalue weighted by Gasteiger charge is -2.20. The van der Waals surface area contributed by atoms with Crippen molar-refractivity contribution >= 4 is 5.91 Å². The van der Waals surface area contributed by atoms with Crippen molar-refractivity contribution in [1.82, 2.24) is 10.2 Å². The van der Waals surface area contributed by atoms with Gasteiger partial charge in [-0.25, -0.2) is 0 Å². The second-order valence-electron chi connectivity index (χ2n) is 6.06. The summed E-state index contributed by atoms with van der Waals surface area (Å²) in [5.74, 6) is 0.549. The zero-order valence-electron chi connectivity index (χ0n) is 13.8. The molecule has 0 spiro atoms. The van der Waals surface area contributed by atoms with Crippen LogP contribution in [0.4, 0.5) is 0 Å². The molecule has 1 amide bonds. The topological polar surface area (TPSA) is 67.6 Å². The highest BCUT2D eigenvalue weighted by Crippen LogP contribution is 2.03. The van der Waals surface area contributed by atoms with E-state index >= 15 is 0 Å². The van der Waals surface area contributed by atoms with Gasteiger partial charge in [0, 0.05) is 19.2 Å². The minimum absolute atomic E-state index is 0.0650. The van der Waals surface area contributed by atoms with Crippen molar-refractivity contribution in [1.29, 1.82) is 0 Å². The summed E-state index contributed by atoms with van der Waals surface area (Å²) in [6, 6.07) is 0.202. The Hall–Kier alpha value is -0.650. The number of nitrogens with two attached hydrogens (primary N) is 1. The second-order valence-corrected chi connectivity index (χ2v) is 6.06. The summed E-state index contributed by atoms with van der Waals surface area (Å²) in [6.45, 7) is 10.9. The molecule has 0 aromatic rings. The monoisotopic (exact) mass is 287 g/mol. The Morgan fingerprint density at radius 3 is 2.50 bits per heavy atom. The molecule has 0 fully saturated rings. The maximum Gasteiger partial charge on any atom is 0.234 e. The van der Waals surface area contributed by atoms with E-state index in [4.69, 9.17) is 10.5 Å². The molecule has 0 aliphatic carbocycles. The molecule has 5 heteroatoms. The van der Waals surface area contributed by atoms with E-state index in [0.717, 1.165) is 19.4 Å². The lowest BCUT2D eigenvalue weighted by molar-refractivity contribution is -0.122. The normalized spacial score (nSPS) is 13.2. The van der Waals surface area contributed by atoms with E-state index in [1.165, 1.54) is 0 Å². The zero-order chi connectivity index (χ0) is 15.5. The Labute approximate surface area is 124 Å². The molecule has 0 aromatic carbocycles. The van der Waals surface area contributed by atoms with Crippen molar-refractivity contribution < 1.29 is 9.53 Å². The smallest absolute Gasteiger partial charge is 0.234 e. The Kier molecular flexibility index (Phi) is 10.7. The molecule has 0 aliphatic heterocycles. The molecule has 5 nitrogen and oxygen atoms in total. The molecule has 20 heavy (non-hydrogen) atoms. The van der Waals surface area contributed by atoms with Crippen LogP contribution in [0, 0.1) is 5.92 Å². The molecule has 0 saturated carbocycles. The van der Waals surface area contributed by atoms with Gasteiger partial charge in [-0.3, -0.25) is 9.69 Å². The SMILES string of the molecule is CC(C)OCCCNC(=O)CN(C)CCC(N)C(C)C. The first-order chi connectivity index (χ1) is 9.32. The van der Waals surface area contributed by atoms with E-state index in [1.54, 1.807) is 0 Å². The first kappa shape index (κ1) is 19.4. The van der Waals surface area contributed by atoms with Crippen LogP contribution in [0.5, 0.6) is 0 Å². The van der Waals surface area contributed by atoms with Crippen molar-refractivity contribution in [3.05, 3.63) is 0 Å². The molecule has 120 valence electrons. The van der Waals surface area contributed by atoms with Gasteiger partial charge in [0.05, 0.1) is 12.6 Å². The van der Waals surface area contributed by atoms with Crippen LogP contribution in [0.25, 0.3) is 0 Å². The van der Waals surface area contributed by atoms with Crippen LogP contribution in [0.3, 0.4) is 0 Å². The van der Waals surface area contributed by atoms with Crippen LogP contribution in [0.15, 0.2) is 0 Å². The van der Waals surface area contributed by atoms with Gasteiger partial charge in [-0.1, -0.05) is 13.8 Å². The van der Waals surface area contributed by atoms with Gasteiger partial charge in [0.25, 0.3) is 0 Å². The van der Waals surface area contributed by atoms with Crippen molar-refractivity contribution in [2.45, 2.75) is 52.7 Å². The fraction of sp³-hybridized carbons (Fsp3) is 0.933.